The highest BCUT2D eigenvalue weighted by molar-refractivity contribution is 5.94. The van der Waals surface area contributed by atoms with Gasteiger partial charge in [-0.1, -0.05) is 17.7 Å². The molecule has 26 heavy (non-hydrogen) atoms. The lowest BCUT2D eigenvalue weighted by atomic mass is 9.83. The van der Waals surface area contributed by atoms with Crippen LogP contribution in [-0.2, 0) is 0 Å². The van der Waals surface area contributed by atoms with E-state index in [1.807, 2.05) is 36.7 Å². The van der Waals surface area contributed by atoms with E-state index >= 15 is 0 Å². The Balaban J connectivity index is 1.75. The molecule has 0 bridgehead atoms. The predicted molar refractivity (Wildman–Crippen MR) is 100 cm³/mol. The van der Waals surface area contributed by atoms with Gasteiger partial charge in [-0.05, 0) is 59.1 Å². The number of nitrogens with zero attached hydrogens (tertiary/aromatic N) is 3. The highest BCUT2D eigenvalue weighted by Gasteiger charge is 2.34. The predicted octanol–water partition coefficient (Wildman–Crippen LogP) is 2.90. The van der Waals surface area contributed by atoms with E-state index in [9.17, 15) is 9.90 Å². The molecule has 1 amide bonds. The monoisotopic (exact) mass is 356 g/mol. The molecule has 0 radical (unpaired) electrons. The van der Waals surface area contributed by atoms with Crippen molar-refractivity contribution in [2.75, 3.05) is 0 Å². The Morgan fingerprint density at radius 2 is 2.08 bits per heavy atom. The molecule has 1 heterocycles. The first-order valence-electron chi connectivity index (χ1n) is 9.33. The maximum absolute atomic E-state index is 12.6. The number of aromatic nitrogens is 3. The van der Waals surface area contributed by atoms with E-state index in [1.54, 1.807) is 6.07 Å². The van der Waals surface area contributed by atoms with Gasteiger partial charge in [0.15, 0.2) is 0 Å². The van der Waals surface area contributed by atoms with Crippen LogP contribution in [0.1, 0.15) is 72.6 Å². The van der Waals surface area contributed by atoms with Crippen molar-refractivity contribution in [2.45, 2.75) is 71.1 Å². The summed E-state index contributed by atoms with van der Waals surface area (Å²) in [6.07, 6.45) is 1.64. The van der Waals surface area contributed by atoms with Crippen LogP contribution < -0.4 is 5.32 Å². The number of benzene rings is 1. The smallest absolute Gasteiger partial charge is 0.251 e. The molecule has 1 aromatic carbocycles. The molecule has 0 spiro atoms. The zero-order valence-corrected chi connectivity index (χ0v) is 15.9. The molecule has 1 saturated carbocycles. The highest BCUT2D eigenvalue weighted by atomic mass is 16.3. The Hall–Kier alpha value is -2.21. The number of hydrogen-bond donors (Lipinski definition) is 2. The third-order valence-corrected chi connectivity index (χ3v) is 5.03. The molecule has 2 N–H and O–H groups in total. The van der Waals surface area contributed by atoms with Crippen molar-refractivity contribution < 1.29 is 9.90 Å². The van der Waals surface area contributed by atoms with Gasteiger partial charge in [0, 0.05) is 17.5 Å². The summed E-state index contributed by atoms with van der Waals surface area (Å²) in [6, 6.07) is 7.45. The van der Waals surface area contributed by atoms with Crippen LogP contribution in [0.25, 0.3) is 0 Å². The molecule has 0 aliphatic heterocycles. The van der Waals surface area contributed by atoms with Gasteiger partial charge in [0.05, 0.1) is 12.1 Å². The molecule has 1 aliphatic carbocycles. The number of rotatable bonds is 4. The standard InChI is InChI=1S/C20H28N4O2/c1-12(2)24-19(21-14(4)23-24)15-8-9-18(25)17(11-15)22-20(26)16-7-5-6-13(3)10-16/h5-7,10,12,15,17-18,25H,8-9,11H2,1-4H3,(H,22,26)/t15-,17+,18+/m0/s1. The zero-order valence-electron chi connectivity index (χ0n) is 15.9. The average Bonchev–Trinajstić information content (AvgIpc) is 2.99. The van der Waals surface area contributed by atoms with Crippen LogP contribution in [0.3, 0.4) is 0 Å². The fourth-order valence-corrected chi connectivity index (χ4v) is 3.69. The Kier molecular flexibility index (Phi) is 5.41. The quantitative estimate of drug-likeness (QED) is 0.883. The first-order chi connectivity index (χ1) is 12.3. The Morgan fingerprint density at radius 3 is 2.77 bits per heavy atom. The summed E-state index contributed by atoms with van der Waals surface area (Å²) < 4.78 is 1.97. The minimum atomic E-state index is -0.531. The molecule has 3 rings (SSSR count). The molecule has 0 unspecified atom stereocenters. The summed E-state index contributed by atoms with van der Waals surface area (Å²) in [5.74, 6) is 1.77. The molecular formula is C20H28N4O2. The minimum absolute atomic E-state index is 0.139. The molecule has 6 heteroatoms. The topological polar surface area (TPSA) is 80.0 Å². The summed E-state index contributed by atoms with van der Waals surface area (Å²) in [4.78, 5) is 17.2. The maximum atomic E-state index is 12.6. The Labute approximate surface area is 154 Å². The van der Waals surface area contributed by atoms with E-state index in [0.717, 1.165) is 23.6 Å². The highest BCUT2D eigenvalue weighted by Crippen LogP contribution is 2.33. The molecule has 2 aromatic rings. The van der Waals surface area contributed by atoms with E-state index in [1.165, 1.54) is 0 Å². The Morgan fingerprint density at radius 1 is 1.31 bits per heavy atom. The Bertz CT molecular complexity index is 784. The maximum Gasteiger partial charge on any atom is 0.251 e. The van der Waals surface area contributed by atoms with E-state index in [0.29, 0.717) is 18.4 Å². The van der Waals surface area contributed by atoms with Crippen molar-refractivity contribution in [3.63, 3.8) is 0 Å². The number of aliphatic hydroxyl groups is 1. The lowest BCUT2D eigenvalue weighted by Crippen LogP contribution is -2.47. The number of carbonyl (C=O) groups excluding carboxylic acids is 1. The van der Waals surface area contributed by atoms with Crippen molar-refractivity contribution in [2.24, 2.45) is 0 Å². The first kappa shape index (κ1) is 18.6. The van der Waals surface area contributed by atoms with Gasteiger partial charge < -0.3 is 10.4 Å². The third-order valence-electron chi connectivity index (χ3n) is 5.03. The van der Waals surface area contributed by atoms with Crippen LogP contribution in [0.2, 0.25) is 0 Å². The van der Waals surface area contributed by atoms with E-state index in [2.05, 4.69) is 29.2 Å². The van der Waals surface area contributed by atoms with Crippen molar-refractivity contribution >= 4 is 5.91 Å². The van der Waals surface area contributed by atoms with Crippen LogP contribution in [0.15, 0.2) is 24.3 Å². The second-order valence-electron chi connectivity index (χ2n) is 7.58. The number of nitrogens with one attached hydrogen (secondary N) is 1. The summed E-state index contributed by atoms with van der Waals surface area (Å²) in [5, 5.41) is 17.9. The van der Waals surface area contributed by atoms with Gasteiger partial charge in [-0.25, -0.2) is 9.67 Å². The molecule has 1 fully saturated rings. The third kappa shape index (κ3) is 3.96. The van der Waals surface area contributed by atoms with Gasteiger partial charge in [-0.2, -0.15) is 5.10 Å². The largest absolute Gasteiger partial charge is 0.391 e. The fraction of sp³-hybridized carbons (Fsp3) is 0.550. The number of carbonyl (C=O) groups is 1. The van der Waals surface area contributed by atoms with Gasteiger partial charge in [-0.15, -0.1) is 0 Å². The first-order valence-corrected chi connectivity index (χ1v) is 9.33. The fourth-order valence-electron chi connectivity index (χ4n) is 3.69. The van der Waals surface area contributed by atoms with Crippen LogP contribution in [0.5, 0.6) is 0 Å². The van der Waals surface area contributed by atoms with Crippen molar-refractivity contribution in [1.82, 2.24) is 20.1 Å². The minimum Gasteiger partial charge on any atom is -0.391 e. The van der Waals surface area contributed by atoms with Gasteiger partial charge in [0.1, 0.15) is 11.6 Å². The van der Waals surface area contributed by atoms with Crippen LogP contribution in [0.4, 0.5) is 0 Å². The zero-order chi connectivity index (χ0) is 18.8. The van der Waals surface area contributed by atoms with E-state index in [4.69, 9.17) is 0 Å². The van der Waals surface area contributed by atoms with Crippen molar-refractivity contribution in [3.8, 4) is 0 Å². The number of hydrogen-bond acceptors (Lipinski definition) is 4. The summed E-state index contributed by atoms with van der Waals surface area (Å²) in [6.45, 7) is 8.04. The summed E-state index contributed by atoms with van der Waals surface area (Å²) in [7, 11) is 0. The van der Waals surface area contributed by atoms with Gasteiger partial charge in [0.25, 0.3) is 5.91 Å². The number of aliphatic hydroxyl groups excluding tert-OH is 1. The van der Waals surface area contributed by atoms with Crippen LogP contribution in [-0.4, -0.2) is 37.9 Å². The molecule has 1 aliphatic rings. The number of aryl methyl sites for hydroxylation is 2. The lowest BCUT2D eigenvalue weighted by molar-refractivity contribution is 0.0667. The molecule has 6 nitrogen and oxygen atoms in total. The summed E-state index contributed by atoms with van der Waals surface area (Å²) in [5.41, 5.74) is 1.67. The van der Waals surface area contributed by atoms with Crippen molar-refractivity contribution in [3.05, 3.63) is 47.0 Å². The second-order valence-corrected chi connectivity index (χ2v) is 7.58. The SMILES string of the molecule is Cc1cccc(C(=O)N[C@@H]2C[C@@H](c3nc(C)nn3C(C)C)CC[C@H]2O)c1. The van der Waals surface area contributed by atoms with Crippen LogP contribution in [0, 0.1) is 13.8 Å². The lowest BCUT2D eigenvalue weighted by Gasteiger charge is -2.33. The van der Waals surface area contributed by atoms with E-state index < -0.39 is 6.10 Å². The molecule has 3 atom stereocenters. The van der Waals surface area contributed by atoms with Crippen molar-refractivity contribution in [1.29, 1.82) is 0 Å². The van der Waals surface area contributed by atoms with Gasteiger partial charge >= 0.3 is 0 Å². The van der Waals surface area contributed by atoms with Gasteiger partial charge in [0.2, 0.25) is 0 Å². The molecular weight excluding hydrogens is 328 g/mol. The average molecular weight is 356 g/mol. The van der Waals surface area contributed by atoms with E-state index in [-0.39, 0.29) is 23.9 Å². The molecule has 1 aromatic heterocycles. The second kappa shape index (κ2) is 7.58. The van der Waals surface area contributed by atoms with Gasteiger partial charge in [-0.3, -0.25) is 4.79 Å². The van der Waals surface area contributed by atoms with Crippen LogP contribution >= 0.6 is 0 Å². The molecule has 140 valence electrons. The molecule has 0 saturated heterocycles. The summed E-state index contributed by atoms with van der Waals surface area (Å²) >= 11 is 0. The normalized spacial score (nSPS) is 23.2. The number of amides is 1.